The van der Waals surface area contributed by atoms with Crippen molar-refractivity contribution in [2.24, 2.45) is 0 Å². The summed E-state index contributed by atoms with van der Waals surface area (Å²) in [5.41, 5.74) is -0.586. The summed E-state index contributed by atoms with van der Waals surface area (Å²) in [5, 5.41) is 1.49. The van der Waals surface area contributed by atoms with Crippen LogP contribution in [0.1, 0.15) is 22.4 Å². The SMILES string of the molecule is O=C(NC(c1ccccn1)C(F)(F)F)c1nc(Cl)c2c(F)cccn12. The van der Waals surface area contributed by atoms with Crippen LogP contribution in [0.4, 0.5) is 17.6 Å². The molecule has 0 saturated carbocycles. The first-order valence-electron chi connectivity index (χ1n) is 6.89. The number of fused-ring (bicyclic) bond motifs is 1. The zero-order valence-corrected chi connectivity index (χ0v) is 13.0. The zero-order chi connectivity index (χ0) is 18.2. The van der Waals surface area contributed by atoms with Crippen LogP contribution in [0.2, 0.25) is 5.15 Å². The fourth-order valence-electron chi connectivity index (χ4n) is 2.28. The van der Waals surface area contributed by atoms with E-state index >= 15 is 0 Å². The molecule has 130 valence electrons. The minimum absolute atomic E-state index is 0.198. The van der Waals surface area contributed by atoms with E-state index in [9.17, 15) is 22.4 Å². The predicted octanol–water partition coefficient (Wildman–Crippen LogP) is 3.56. The Morgan fingerprint density at radius 2 is 2.00 bits per heavy atom. The third-order valence-electron chi connectivity index (χ3n) is 3.36. The second-order valence-electron chi connectivity index (χ2n) is 5.00. The number of aromatic nitrogens is 3. The molecule has 25 heavy (non-hydrogen) atoms. The summed E-state index contributed by atoms with van der Waals surface area (Å²) < 4.78 is 54.6. The van der Waals surface area contributed by atoms with Crippen molar-refractivity contribution in [2.75, 3.05) is 0 Å². The van der Waals surface area contributed by atoms with Gasteiger partial charge in [-0.1, -0.05) is 17.7 Å². The number of nitrogens with zero attached hydrogens (tertiary/aromatic N) is 3. The summed E-state index contributed by atoms with van der Waals surface area (Å²) in [6.07, 6.45) is -2.33. The lowest BCUT2D eigenvalue weighted by molar-refractivity contribution is -0.156. The van der Waals surface area contributed by atoms with Crippen LogP contribution in [0.25, 0.3) is 5.52 Å². The average Bonchev–Trinajstić information content (AvgIpc) is 2.90. The molecule has 1 atom stereocenters. The zero-order valence-electron chi connectivity index (χ0n) is 12.3. The Morgan fingerprint density at radius 3 is 2.64 bits per heavy atom. The van der Waals surface area contributed by atoms with E-state index in [1.165, 1.54) is 30.6 Å². The summed E-state index contributed by atoms with van der Waals surface area (Å²) in [7, 11) is 0. The van der Waals surface area contributed by atoms with Gasteiger partial charge < -0.3 is 5.32 Å². The number of alkyl halides is 3. The van der Waals surface area contributed by atoms with Gasteiger partial charge in [0, 0.05) is 12.4 Å². The fourth-order valence-corrected chi connectivity index (χ4v) is 2.54. The summed E-state index contributed by atoms with van der Waals surface area (Å²) in [6, 6.07) is 3.97. The third-order valence-corrected chi connectivity index (χ3v) is 3.63. The molecule has 10 heteroatoms. The standard InChI is InChI=1S/C15H9ClF4N4O/c16-12-10-8(17)4-3-7-24(10)13(23-12)14(25)22-11(15(18,19)20)9-5-1-2-6-21-9/h1-7,11H,(H,22,25). The Bertz CT molecular complexity index is 926. The van der Waals surface area contributed by atoms with Crippen LogP contribution in [0.15, 0.2) is 42.7 Å². The Hall–Kier alpha value is -2.68. The summed E-state index contributed by atoms with van der Waals surface area (Å²) >= 11 is 5.78. The molecular weight excluding hydrogens is 364 g/mol. The molecule has 0 aliphatic heterocycles. The molecule has 3 heterocycles. The molecular formula is C15H9ClF4N4O. The number of rotatable bonds is 3. The van der Waals surface area contributed by atoms with E-state index in [-0.39, 0.29) is 16.4 Å². The summed E-state index contributed by atoms with van der Waals surface area (Å²) in [5.74, 6) is -2.39. The summed E-state index contributed by atoms with van der Waals surface area (Å²) in [4.78, 5) is 19.6. The average molecular weight is 373 g/mol. The van der Waals surface area contributed by atoms with Crippen molar-refractivity contribution < 1.29 is 22.4 Å². The number of imidazole rings is 1. The van der Waals surface area contributed by atoms with Crippen LogP contribution in [-0.2, 0) is 0 Å². The van der Waals surface area contributed by atoms with Crippen LogP contribution in [0.5, 0.6) is 0 Å². The predicted molar refractivity (Wildman–Crippen MR) is 80.7 cm³/mol. The van der Waals surface area contributed by atoms with E-state index < -0.39 is 29.8 Å². The lowest BCUT2D eigenvalue weighted by Gasteiger charge is -2.20. The smallest absolute Gasteiger partial charge is 0.333 e. The van der Waals surface area contributed by atoms with Crippen molar-refractivity contribution in [2.45, 2.75) is 12.2 Å². The lowest BCUT2D eigenvalue weighted by atomic mass is 10.1. The second kappa shape index (κ2) is 6.32. The van der Waals surface area contributed by atoms with E-state index in [1.54, 1.807) is 0 Å². The molecule has 0 aromatic carbocycles. The second-order valence-corrected chi connectivity index (χ2v) is 5.36. The van der Waals surface area contributed by atoms with Crippen LogP contribution >= 0.6 is 11.6 Å². The fraction of sp³-hybridized carbons (Fsp3) is 0.133. The van der Waals surface area contributed by atoms with Crippen LogP contribution in [0.3, 0.4) is 0 Å². The van der Waals surface area contributed by atoms with E-state index in [1.807, 2.05) is 5.32 Å². The Kier molecular flexibility index (Phi) is 4.34. The van der Waals surface area contributed by atoms with Gasteiger partial charge in [0.25, 0.3) is 5.91 Å². The van der Waals surface area contributed by atoms with Gasteiger partial charge in [0.05, 0.1) is 5.69 Å². The van der Waals surface area contributed by atoms with Crippen molar-refractivity contribution in [3.63, 3.8) is 0 Å². The van der Waals surface area contributed by atoms with Crippen LogP contribution < -0.4 is 5.32 Å². The first-order valence-corrected chi connectivity index (χ1v) is 7.27. The number of carbonyl (C=O) groups excluding carboxylic acids is 1. The molecule has 0 aliphatic rings. The molecule has 3 aromatic rings. The van der Waals surface area contributed by atoms with Gasteiger partial charge >= 0.3 is 6.18 Å². The highest BCUT2D eigenvalue weighted by Crippen LogP contribution is 2.32. The topological polar surface area (TPSA) is 59.3 Å². The van der Waals surface area contributed by atoms with E-state index in [0.29, 0.717) is 0 Å². The highest BCUT2D eigenvalue weighted by atomic mass is 35.5. The molecule has 0 fully saturated rings. The maximum Gasteiger partial charge on any atom is 0.414 e. The van der Waals surface area contributed by atoms with Crippen molar-refractivity contribution >= 4 is 23.0 Å². The van der Waals surface area contributed by atoms with Crippen LogP contribution in [-0.4, -0.2) is 26.5 Å². The van der Waals surface area contributed by atoms with E-state index in [0.717, 1.165) is 16.5 Å². The molecule has 1 amide bonds. The van der Waals surface area contributed by atoms with Crippen molar-refractivity contribution in [1.82, 2.24) is 19.7 Å². The number of amides is 1. The quantitative estimate of drug-likeness (QED) is 0.715. The van der Waals surface area contributed by atoms with Gasteiger partial charge in [0.2, 0.25) is 5.82 Å². The Balaban J connectivity index is 2.00. The number of nitrogens with one attached hydrogen (secondary N) is 1. The minimum atomic E-state index is -4.79. The molecule has 0 bridgehead atoms. The highest BCUT2D eigenvalue weighted by Gasteiger charge is 2.43. The van der Waals surface area contributed by atoms with E-state index in [4.69, 9.17) is 11.6 Å². The first kappa shape index (κ1) is 17.2. The number of pyridine rings is 2. The monoisotopic (exact) mass is 372 g/mol. The maximum absolute atomic E-state index is 13.8. The molecule has 1 N–H and O–H groups in total. The number of carbonyl (C=O) groups is 1. The molecule has 0 aliphatic carbocycles. The van der Waals surface area contributed by atoms with Gasteiger partial charge in [0.1, 0.15) is 11.3 Å². The first-order chi connectivity index (χ1) is 11.8. The Labute approximate surface area is 143 Å². The maximum atomic E-state index is 13.8. The molecule has 3 aromatic heterocycles. The largest absolute Gasteiger partial charge is 0.414 e. The van der Waals surface area contributed by atoms with Gasteiger partial charge in [-0.25, -0.2) is 9.37 Å². The van der Waals surface area contributed by atoms with Gasteiger partial charge in [0.15, 0.2) is 11.2 Å². The Morgan fingerprint density at radius 1 is 1.24 bits per heavy atom. The van der Waals surface area contributed by atoms with Gasteiger partial charge in [-0.2, -0.15) is 13.2 Å². The lowest BCUT2D eigenvalue weighted by Crippen LogP contribution is -2.39. The highest BCUT2D eigenvalue weighted by molar-refractivity contribution is 6.33. The number of halogens is 5. The van der Waals surface area contributed by atoms with Gasteiger partial charge in [-0.3, -0.25) is 14.2 Å². The van der Waals surface area contributed by atoms with Crippen molar-refractivity contribution in [3.05, 3.63) is 65.2 Å². The molecule has 0 radical (unpaired) electrons. The normalized spacial score (nSPS) is 13.0. The summed E-state index contributed by atoms with van der Waals surface area (Å²) in [6.45, 7) is 0. The van der Waals surface area contributed by atoms with Crippen molar-refractivity contribution in [3.8, 4) is 0 Å². The molecule has 1 unspecified atom stereocenters. The molecule has 3 rings (SSSR count). The van der Waals surface area contributed by atoms with Crippen molar-refractivity contribution in [1.29, 1.82) is 0 Å². The van der Waals surface area contributed by atoms with Crippen LogP contribution in [0, 0.1) is 5.82 Å². The van der Waals surface area contributed by atoms with Gasteiger partial charge in [-0.05, 0) is 24.3 Å². The molecule has 0 spiro atoms. The van der Waals surface area contributed by atoms with E-state index in [2.05, 4.69) is 9.97 Å². The molecule has 5 nitrogen and oxygen atoms in total. The van der Waals surface area contributed by atoms with Gasteiger partial charge in [-0.15, -0.1) is 0 Å². The molecule has 0 saturated heterocycles. The number of hydrogen-bond acceptors (Lipinski definition) is 3. The number of hydrogen-bond donors (Lipinski definition) is 1. The third kappa shape index (κ3) is 3.27. The minimum Gasteiger partial charge on any atom is -0.333 e.